The van der Waals surface area contributed by atoms with Gasteiger partial charge in [0.2, 0.25) is 0 Å². The summed E-state index contributed by atoms with van der Waals surface area (Å²) in [6.07, 6.45) is 0. The first-order valence-electron chi connectivity index (χ1n) is 32.7. The molecule has 0 atom stereocenters. The van der Waals surface area contributed by atoms with Crippen LogP contribution in [0, 0.1) is 55.4 Å². The molecular weight excluding hydrogens is 1110 g/mol. The molecule has 0 heteroatoms. The smallest absolute Gasteiger partial charge is 0.0622 e. The van der Waals surface area contributed by atoms with Gasteiger partial charge in [-0.1, -0.05) is 338 Å². The highest BCUT2D eigenvalue weighted by Gasteiger charge is 2.46. The lowest BCUT2D eigenvalue weighted by Crippen LogP contribution is -2.31. The number of benzene rings is 14. The van der Waals surface area contributed by atoms with Gasteiger partial charge < -0.3 is 0 Å². The molecule has 2 bridgehead atoms. The molecule has 0 aromatic heterocycles. The third kappa shape index (κ3) is 10.1. The summed E-state index contributed by atoms with van der Waals surface area (Å²) in [4.78, 5) is 0. The SMILES string of the molecule is Cc1c2ccccc2c(C)c2ccccc12.Cc1ccc(C(c2ccccc2)(c2ccccc2)c2ccc(C)cc2)cc1.Cc1ccc(C)c2c1C1c3ccccc3C2c2ccccc21.Cc1ccc(C2(c3ccc(C)cc3)c3ccccc3-c3ccccc32)cc1. The van der Waals surface area contributed by atoms with Crippen molar-refractivity contribution in [1.29, 1.82) is 0 Å². The first kappa shape index (κ1) is 59.2. The Kier molecular flexibility index (Phi) is 15.9. The Bertz CT molecular complexity index is 4460. The van der Waals surface area contributed by atoms with Crippen molar-refractivity contribution in [1.82, 2.24) is 0 Å². The fourth-order valence-corrected chi connectivity index (χ4v) is 15.8. The van der Waals surface area contributed by atoms with Crippen molar-refractivity contribution in [2.45, 2.75) is 78.1 Å². The summed E-state index contributed by atoms with van der Waals surface area (Å²) in [6, 6.07) is 115. The third-order valence-corrected chi connectivity index (χ3v) is 20.3. The second-order valence-electron chi connectivity index (χ2n) is 25.8. The van der Waals surface area contributed by atoms with Gasteiger partial charge in [0.05, 0.1) is 10.8 Å². The van der Waals surface area contributed by atoms with Crippen molar-refractivity contribution < 1.29 is 0 Å². The maximum Gasteiger partial charge on any atom is 0.0713 e. The van der Waals surface area contributed by atoms with Crippen molar-refractivity contribution in [3.8, 4) is 11.1 Å². The van der Waals surface area contributed by atoms with Crippen molar-refractivity contribution in [3.63, 3.8) is 0 Å². The molecule has 14 aromatic carbocycles. The normalized spacial score (nSPS) is 14.2. The molecular formula is C92H78. The van der Waals surface area contributed by atoms with Gasteiger partial charge in [0, 0.05) is 11.8 Å². The Morgan fingerprint density at radius 2 is 0.500 bits per heavy atom. The van der Waals surface area contributed by atoms with E-state index in [0.29, 0.717) is 11.8 Å². The molecule has 14 aromatic rings. The Hall–Kier alpha value is -10.4. The van der Waals surface area contributed by atoms with Gasteiger partial charge in [-0.15, -0.1) is 0 Å². The van der Waals surface area contributed by atoms with Crippen LogP contribution >= 0.6 is 0 Å². The van der Waals surface area contributed by atoms with Gasteiger partial charge in [0.1, 0.15) is 0 Å². The van der Waals surface area contributed by atoms with Crippen molar-refractivity contribution >= 4 is 21.5 Å². The predicted octanol–water partition coefficient (Wildman–Crippen LogP) is 23.3. The van der Waals surface area contributed by atoms with Crippen LogP contribution in [0.3, 0.4) is 0 Å². The van der Waals surface area contributed by atoms with Gasteiger partial charge in [0.25, 0.3) is 0 Å². The molecule has 0 unspecified atom stereocenters. The highest BCUT2D eigenvalue weighted by Crippen LogP contribution is 2.58. The largest absolute Gasteiger partial charge is 0.0713 e. The molecule has 0 aliphatic heterocycles. The number of fused-ring (bicyclic) bond motifs is 5. The highest BCUT2D eigenvalue weighted by molar-refractivity contribution is 6.05. The lowest BCUT2D eigenvalue weighted by molar-refractivity contribution is 0.743. The summed E-state index contributed by atoms with van der Waals surface area (Å²) in [5.41, 5.74) is 32.5. The number of rotatable bonds is 6. The predicted molar refractivity (Wildman–Crippen MR) is 389 cm³/mol. The summed E-state index contributed by atoms with van der Waals surface area (Å²) in [6.45, 7) is 17.5. The van der Waals surface area contributed by atoms with Crippen LogP contribution in [0.15, 0.2) is 315 Å². The summed E-state index contributed by atoms with van der Waals surface area (Å²) in [5, 5.41) is 5.50. The Balaban J connectivity index is 0.000000108. The van der Waals surface area contributed by atoms with E-state index >= 15 is 0 Å². The molecule has 92 heavy (non-hydrogen) atoms. The molecule has 0 amide bonds. The van der Waals surface area contributed by atoms with Crippen molar-refractivity contribution in [2.24, 2.45) is 0 Å². The molecule has 0 radical (unpaired) electrons. The van der Waals surface area contributed by atoms with E-state index in [4.69, 9.17) is 0 Å². The summed E-state index contributed by atoms with van der Waals surface area (Å²) in [5.74, 6) is 0.819. The van der Waals surface area contributed by atoms with Gasteiger partial charge in [-0.3, -0.25) is 0 Å². The fourth-order valence-electron chi connectivity index (χ4n) is 15.8. The van der Waals surface area contributed by atoms with E-state index in [-0.39, 0.29) is 10.8 Å². The van der Waals surface area contributed by atoms with E-state index in [1.807, 2.05) is 0 Å². The van der Waals surface area contributed by atoms with Gasteiger partial charge >= 0.3 is 0 Å². The minimum Gasteiger partial charge on any atom is -0.0622 e. The average molecular weight is 1180 g/mol. The Morgan fingerprint density at radius 3 is 0.826 bits per heavy atom. The molecule has 0 heterocycles. The number of aryl methyl sites for hydroxylation is 8. The van der Waals surface area contributed by atoms with Crippen LogP contribution in [0.4, 0.5) is 0 Å². The van der Waals surface area contributed by atoms with Gasteiger partial charge in [-0.2, -0.15) is 0 Å². The molecule has 4 aliphatic rings. The zero-order valence-electron chi connectivity index (χ0n) is 54.2. The second kappa shape index (κ2) is 24.8. The van der Waals surface area contributed by atoms with Gasteiger partial charge in [0.15, 0.2) is 0 Å². The molecule has 18 rings (SSSR count). The Morgan fingerprint density at radius 1 is 0.239 bits per heavy atom. The zero-order valence-corrected chi connectivity index (χ0v) is 54.2. The number of hydrogen-bond acceptors (Lipinski definition) is 0. The van der Waals surface area contributed by atoms with Crippen LogP contribution in [0.25, 0.3) is 32.7 Å². The van der Waals surface area contributed by atoms with Crippen molar-refractivity contribution in [3.05, 3.63) is 438 Å². The first-order chi connectivity index (χ1) is 45.0. The molecule has 0 saturated heterocycles. The minimum atomic E-state index is -0.343. The standard InChI is InChI=1S/C27H22.C27H24.C22H18.C16H14/c1-19-11-15-21(16-12-19)27(22-17-13-20(2)14-18-22)25-9-5-3-7-23(25)24-8-4-6-10-26(24)27;1-21-13-17-25(18-14-21)27(23-9-5-3-6-10-23,24-11-7-4-8-12-24)26-19-15-22(2)16-20-26;1-13-11-12-14(2)20-19(13)21-15-7-3-5-9-17(15)22(20)18-10-6-4-8-16(18)21;1-11-13-7-3-5-9-15(13)12(2)16-10-6-4-8-14(11)16/h3-18H,1-2H3;3-20H,1-2H3;3-12,21-22H,1-2H3;3-10H,1-2H3. The van der Waals surface area contributed by atoms with E-state index in [2.05, 4.69) is 371 Å². The lowest BCUT2D eigenvalue weighted by Gasteiger charge is -2.43. The monoisotopic (exact) mass is 1180 g/mol. The maximum absolute atomic E-state index is 2.33. The highest BCUT2D eigenvalue weighted by atomic mass is 14.5. The molecule has 4 aliphatic carbocycles. The van der Waals surface area contributed by atoms with E-state index in [0.717, 1.165) is 0 Å². The summed E-state index contributed by atoms with van der Waals surface area (Å²) < 4.78 is 0. The quantitative estimate of drug-likeness (QED) is 0.115. The van der Waals surface area contributed by atoms with Crippen LogP contribution in [-0.2, 0) is 10.8 Å². The fraction of sp³-hybridized carbons (Fsp3) is 0.130. The molecule has 446 valence electrons. The average Bonchev–Trinajstić information content (AvgIpc) is 1.11. The summed E-state index contributed by atoms with van der Waals surface area (Å²) in [7, 11) is 0. The summed E-state index contributed by atoms with van der Waals surface area (Å²) >= 11 is 0. The first-order valence-corrected chi connectivity index (χ1v) is 32.7. The van der Waals surface area contributed by atoms with E-state index < -0.39 is 0 Å². The maximum atomic E-state index is 2.33. The van der Waals surface area contributed by atoms with Crippen LogP contribution < -0.4 is 0 Å². The molecule has 0 nitrogen and oxygen atoms in total. The van der Waals surface area contributed by atoms with Gasteiger partial charge in [-0.25, -0.2) is 0 Å². The molecule has 0 fully saturated rings. The zero-order chi connectivity index (χ0) is 63.1. The molecule has 0 spiro atoms. The van der Waals surface area contributed by atoms with Crippen LogP contribution in [0.5, 0.6) is 0 Å². The van der Waals surface area contributed by atoms with Crippen LogP contribution in [0.2, 0.25) is 0 Å². The Labute approximate surface area is 545 Å². The molecule has 0 N–H and O–H groups in total. The second-order valence-corrected chi connectivity index (χ2v) is 25.8. The topological polar surface area (TPSA) is 0 Å². The number of hydrogen-bond donors (Lipinski definition) is 0. The van der Waals surface area contributed by atoms with Crippen LogP contribution in [-0.4, -0.2) is 0 Å². The molecule has 0 saturated carbocycles. The van der Waals surface area contributed by atoms with E-state index in [1.54, 1.807) is 11.1 Å². The minimum absolute atomic E-state index is 0.269. The van der Waals surface area contributed by atoms with Crippen LogP contribution in [0.1, 0.15) is 134 Å². The van der Waals surface area contributed by atoms with Gasteiger partial charge in [-0.05, 0) is 188 Å². The van der Waals surface area contributed by atoms with E-state index in [9.17, 15) is 0 Å². The van der Waals surface area contributed by atoms with E-state index in [1.165, 1.54) is 144 Å². The van der Waals surface area contributed by atoms with Crippen molar-refractivity contribution in [2.75, 3.05) is 0 Å². The third-order valence-electron chi connectivity index (χ3n) is 20.3. The lowest BCUT2D eigenvalue weighted by atomic mass is 9.59.